The summed E-state index contributed by atoms with van der Waals surface area (Å²) in [6.45, 7) is 10.2. The van der Waals surface area contributed by atoms with E-state index in [4.69, 9.17) is 0 Å². The summed E-state index contributed by atoms with van der Waals surface area (Å²) in [5, 5.41) is 2.20. The van der Waals surface area contributed by atoms with Crippen LogP contribution < -0.4 is 0 Å². The van der Waals surface area contributed by atoms with E-state index < -0.39 is 0 Å². The van der Waals surface area contributed by atoms with Crippen molar-refractivity contribution < 1.29 is 4.79 Å². The Bertz CT molecular complexity index is 837. The quantitative estimate of drug-likeness (QED) is 0.588. The summed E-state index contributed by atoms with van der Waals surface area (Å²) in [6, 6.07) is 11.8. The lowest BCUT2D eigenvalue weighted by atomic mass is 9.87. The summed E-state index contributed by atoms with van der Waals surface area (Å²) in [4.78, 5) is 18.9. The minimum atomic E-state index is 0.261. The molecule has 0 spiro atoms. The van der Waals surface area contributed by atoms with Gasteiger partial charge in [0.25, 0.3) is 0 Å². The van der Waals surface area contributed by atoms with Crippen LogP contribution in [0.15, 0.2) is 35.7 Å². The van der Waals surface area contributed by atoms with Crippen LogP contribution in [0.2, 0.25) is 0 Å². The van der Waals surface area contributed by atoms with E-state index in [9.17, 15) is 4.79 Å². The highest BCUT2D eigenvalue weighted by Gasteiger charge is 2.37. The van der Waals surface area contributed by atoms with Crippen molar-refractivity contribution in [1.29, 1.82) is 0 Å². The molecule has 2 aliphatic rings. The van der Waals surface area contributed by atoms with E-state index in [-0.39, 0.29) is 5.91 Å². The third-order valence-electron chi connectivity index (χ3n) is 7.21. The Balaban J connectivity index is 1.54. The van der Waals surface area contributed by atoms with Crippen LogP contribution in [0.25, 0.3) is 0 Å². The summed E-state index contributed by atoms with van der Waals surface area (Å²) in [7, 11) is 0. The van der Waals surface area contributed by atoms with Crippen LogP contribution in [-0.4, -0.2) is 41.4 Å². The number of thiophene rings is 1. The number of amides is 1. The van der Waals surface area contributed by atoms with E-state index in [1.165, 1.54) is 53.7 Å². The molecule has 162 valence electrons. The molecule has 1 aromatic carbocycles. The van der Waals surface area contributed by atoms with Gasteiger partial charge in [0.15, 0.2) is 0 Å². The highest BCUT2D eigenvalue weighted by Crippen LogP contribution is 2.36. The van der Waals surface area contributed by atoms with Crippen molar-refractivity contribution in [2.75, 3.05) is 19.6 Å². The van der Waals surface area contributed by atoms with E-state index in [0.29, 0.717) is 17.9 Å². The zero-order valence-electron chi connectivity index (χ0n) is 18.8. The molecule has 2 atom stereocenters. The van der Waals surface area contributed by atoms with Gasteiger partial charge in [-0.1, -0.05) is 49.1 Å². The number of hydrogen-bond donors (Lipinski definition) is 0. The zero-order valence-corrected chi connectivity index (χ0v) is 19.6. The topological polar surface area (TPSA) is 23.6 Å². The van der Waals surface area contributed by atoms with Crippen LogP contribution in [0, 0.1) is 19.8 Å². The van der Waals surface area contributed by atoms with Crippen molar-refractivity contribution in [2.24, 2.45) is 5.92 Å². The summed E-state index contributed by atoms with van der Waals surface area (Å²) in [6.07, 6.45) is 6.22. The second-order valence-electron chi connectivity index (χ2n) is 9.46. The second kappa shape index (κ2) is 9.65. The van der Waals surface area contributed by atoms with Crippen molar-refractivity contribution in [1.82, 2.24) is 9.80 Å². The number of rotatable bonds is 6. The van der Waals surface area contributed by atoms with Gasteiger partial charge in [0.1, 0.15) is 0 Å². The van der Waals surface area contributed by atoms with Gasteiger partial charge >= 0.3 is 0 Å². The first-order valence-corrected chi connectivity index (χ1v) is 12.5. The molecule has 2 fully saturated rings. The predicted octanol–water partition coefficient (Wildman–Crippen LogP) is 5.76. The Labute approximate surface area is 186 Å². The molecule has 1 saturated heterocycles. The van der Waals surface area contributed by atoms with Crippen molar-refractivity contribution in [3.8, 4) is 0 Å². The first-order chi connectivity index (χ1) is 14.5. The number of hydrogen-bond acceptors (Lipinski definition) is 3. The minimum Gasteiger partial charge on any atom is -0.340 e. The standard InChI is InChI=1S/C26H36N2OS/c1-19-9-11-22(12-10-19)25-17-27(18-26-20(2)13-14-30-26)15-23(25)16-28(21(3)29)24-7-5-4-6-8-24/h9-14,23-25H,4-8,15-18H2,1-3H3/t23-,25-/m1/s1. The molecule has 0 N–H and O–H groups in total. The van der Waals surface area contributed by atoms with Crippen molar-refractivity contribution in [3.05, 3.63) is 57.3 Å². The summed E-state index contributed by atoms with van der Waals surface area (Å²) >= 11 is 1.87. The van der Waals surface area contributed by atoms with Gasteiger partial charge in [-0.2, -0.15) is 0 Å². The monoisotopic (exact) mass is 424 g/mol. The lowest BCUT2D eigenvalue weighted by molar-refractivity contribution is -0.132. The van der Waals surface area contributed by atoms with Gasteiger partial charge in [0.2, 0.25) is 5.91 Å². The largest absolute Gasteiger partial charge is 0.340 e. The molecular weight excluding hydrogens is 388 g/mol. The van der Waals surface area contributed by atoms with Crippen LogP contribution in [-0.2, 0) is 11.3 Å². The van der Waals surface area contributed by atoms with Gasteiger partial charge in [-0.25, -0.2) is 0 Å². The summed E-state index contributed by atoms with van der Waals surface area (Å²) < 4.78 is 0. The highest BCUT2D eigenvalue weighted by atomic mass is 32.1. The molecular formula is C26H36N2OS. The number of nitrogens with zero attached hydrogens (tertiary/aromatic N) is 2. The first kappa shape index (κ1) is 21.6. The number of carbonyl (C=O) groups is 1. The molecule has 1 aliphatic carbocycles. The van der Waals surface area contributed by atoms with Crippen molar-refractivity contribution >= 4 is 17.2 Å². The van der Waals surface area contributed by atoms with Gasteiger partial charge in [-0.15, -0.1) is 11.3 Å². The Morgan fingerprint density at radius 3 is 2.43 bits per heavy atom. The van der Waals surface area contributed by atoms with E-state index in [2.05, 4.69) is 59.4 Å². The SMILES string of the molecule is CC(=O)N(C[C@H]1CN(Cc2sccc2C)C[C@@H]1c1ccc(C)cc1)C1CCCCC1. The third-order valence-corrected chi connectivity index (χ3v) is 8.22. The highest BCUT2D eigenvalue weighted by molar-refractivity contribution is 7.10. The van der Waals surface area contributed by atoms with Crippen LogP contribution >= 0.6 is 11.3 Å². The lowest BCUT2D eigenvalue weighted by Gasteiger charge is -2.36. The fourth-order valence-electron chi connectivity index (χ4n) is 5.42. The smallest absolute Gasteiger partial charge is 0.219 e. The van der Waals surface area contributed by atoms with Gasteiger partial charge in [0, 0.05) is 49.9 Å². The maximum atomic E-state index is 12.6. The number of likely N-dealkylation sites (tertiary alicyclic amines) is 1. The van der Waals surface area contributed by atoms with E-state index in [0.717, 1.165) is 26.2 Å². The lowest BCUT2D eigenvalue weighted by Crippen LogP contribution is -2.44. The molecule has 1 amide bonds. The fraction of sp³-hybridized carbons (Fsp3) is 0.577. The Morgan fingerprint density at radius 1 is 1.07 bits per heavy atom. The van der Waals surface area contributed by atoms with Crippen LogP contribution in [0.4, 0.5) is 0 Å². The molecule has 4 rings (SSSR count). The van der Waals surface area contributed by atoms with Crippen molar-refractivity contribution in [3.63, 3.8) is 0 Å². The minimum absolute atomic E-state index is 0.261. The van der Waals surface area contributed by atoms with Crippen molar-refractivity contribution in [2.45, 2.75) is 71.4 Å². The Kier molecular flexibility index (Phi) is 6.94. The molecule has 1 aliphatic heterocycles. The molecule has 0 unspecified atom stereocenters. The Hall–Kier alpha value is -1.65. The van der Waals surface area contributed by atoms with Gasteiger partial charge in [-0.3, -0.25) is 9.69 Å². The summed E-state index contributed by atoms with van der Waals surface area (Å²) in [5.74, 6) is 1.26. The number of aryl methyl sites for hydroxylation is 2. The average molecular weight is 425 g/mol. The first-order valence-electron chi connectivity index (χ1n) is 11.6. The second-order valence-corrected chi connectivity index (χ2v) is 10.5. The van der Waals surface area contributed by atoms with Gasteiger partial charge < -0.3 is 4.90 Å². The molecule has 2 aromatic rings. The number of carbonyl (C=O) groups excluding carboxylic acids is 1. The van der Waals surface area contributed by atoms with E-state index in [1.54, 1.807) is 6.92 Å². The van der Waals surface area contributed by atoms with Crippen LogP contribution in [0.1, 0.15) is 66.5 Å². The third kappa shape index (κ3) is 4.97. The number of benzene rings is 1. The van der Waals surface area contributed by atoms with E-state index in [1.807, 2.05) is 11.3 Å². The normalized spacial score (nSPS) is 23.0. The van der Waals surface area contributed by atoms with Crippen LogP contribution in [0.3, 0.4) is 0 Å². The summed E-state index contributed by atoms with van der Waals surface area (Å²) in [5.41, 5.74) is 4.15. The fourth-order valence-corrected chi connectivity index (χ4v) is 6.36. The van der Waals surface area contributed by atoms with Gasteiger partial charge in [0.05, 0.1) is 0 Å². The molecule has 1 saturated carbocycles. The van der Waals surface area contributed by atoms with Crippen LogP contribution in [0.5, 0.6) is 0 Å². The molecule has 3 nitrogen and oxygen atoms in total. The molecule has 30 heavy (non-hydrogen) atoms. The maximum absolute atomic E-state index is 12.6. The molecule has 0 bridgehead atoms. The van der Waals surface area contributed by atoms with E-state index >= 15 is 0 Å². The molecule has 2 heterocycles. The molecule has 0 radical (unpaired) electrons. The predicted molar refractivity (Wildman–Crippen MR) is 126 cm³/mol. The molecule has 1 aromatic heterocycles. The maximum Gasteiger partial charge on any atom is 0.219 e. The van der Waals surface area contributed by atoms with Gasteiger partial charge in [-0.05, 0) is 55.2 Å². The average Bonchev–Trinajstić information content (AvgIpc) is 3.33. The zero-order chi connectivity index (χ0) is 21.1. The Morgan fingerprint density at radius 2 is 1.80 bits per heavy atom. The molecule has 4 heteroatoms.